The highest BCUT2D eigenvalue weighted by Gasteiger charge is 2.25. The number of unbranched alkanes of at least 4 members (excludes halogenated alkanes) is 1. The zero-order valence-corrected chi connectivity index (χ0v) is 20.6. The summed E-state index contributed by atoms with van der Waals surface area (Å²) in [5.74, 6) is 3.50. The van der Waals surface area contributed by atoms with Crippen LogP contribution in [0, 0.1) is 5.92 Å². The highest BCUT2D eigenvalue weighted by atomic mass is 32.1. The summed E-state index contributed by atoms with van der Waals surface area (Å²) >= 11 is 1.72. The van der Waals surface area contributed by atoms with Gasteiger partial charge in [0.25, 0.3) is 0 Å². The number of hydrogen-bond donors (Lipinski definition) is 0. The van der Waals surface area contributed by atoms with Gasteiger partial charge in [-0.15, -0.1) is 11.3 Å². The van der Waals surface area contributed by atoms with E-state index < -0.39 is 0 Å². The Hall–Kier alpha value is -2.43. The Labute approximate surface area is 201 Å². The minimum atomic E-state index is 0.230. The molecule has 33 heavy (non-hydrogen) atoms. The molecule has 0 bridgehead atoms. The number of hydrogen-bond acceptors (Lipinski definition) is 5. The quantitative estimate of drug-likeness (QED) is 0.359. The summed E-state index contributed by atoms with van der Waals surface area (Å²) in [6.07, 6.45) is 3.31. The van der Waals surface area contributed by atoms with Crippen molar-refractivity contribution in [3.8, 4) is 5.75 Å². The average molecular weight is 463 g/mol. The fourth-order valence-electron chi connectivity index (χ4n) is 4.75. The van der Waals surface area contributed by atoms with Gasteiger partial charge < -0.3 is 9.64 Å². The van der Waals surface area contributed by atoms with E-state index in [1.807, 2.05) is 12.1 Å². The standard InChI is InChI=1S/C28H34N2O2S/c1-3-4-7-23(26(20-31)27-21-33-28-9-6-5-8-25(27)28)19-30-16-14-29(15-17-30)18-22-10-12-24(32-2)13-11-22/h5-6,8-13,21,23H,3-4,7,14-19H2,1-2H3. The summed E-state index contributed by atoms with van der Waals surface area (Å²) in [7, 11) is 1.70. The van der Waals surface area contributed by atoms with Crippen LogP contribution in [0.1, 0.15) is 37.3 Å². The van der Waals surface area contributed by atoms with Crippen molar-refractivity contribution < 1.29 is 9.53 Å². The zero-order valence-electron chi connectivity index (χ0n) is 19.8. The Kier molecular flexibility index (Phi) is 8.35. The van der Waals surface area contributed by atoms with Gasteiger partial charge in [-0.05, 0) is 30.2 Å². The molecule has 0 aliphatic carbocycles. The van der Waals surface area contributed by atoms with Crippen LogP contribution in [0.25, 0.3) is 15.7 Å². The number of carbonyl (C=O) groups excluding carboxylic acids is 1. The van der Waals surface area contributed by atoms with Crippen molar-refractivity contribution in [3.05, 3.63) is 65.0 Å². The number of piperazine rings is 1. The molecule has 2 aromatic carbocycles. The van der Waals surface area contributed by atoms with E-state index in [4.69, 9.17) is 4.74 Å². The maximum Gasteiger partial charge on any atom is 0.128 e. The first kappa shape index (κ1) is 23.7. The molecule has 5 heteroatoms. The molecule has 1 saturated heterocycles. The van der Waals surface area contributed by atoms with Gasteiger partial charge in [0.2, 0.25) is 0 Å². The van der Waals surface area contributed by atoms with Crippen LogP contribution < -0.4 is 4.74 Å². The Morgan fingerprint density at radius 1 is 1.06 bits per heavy atom. The third-order valence-electron chi connectivity index (χ3n) is 6.70. The number of fused-ring (bicyclic) bond motifs is 1. The van der Waals surface area contributed by atoms with Crippen LogP contribution in [-0.4, -0.2) is 55.6 Å². The van der Waals surface area contributed by atoms with Gasteiger partial charge in [0.05, 0.1) is 7.11 Å². The minimum Gasteiger partial charge on any atom is -0.497 e. The smallest absolute Gasteiger partial charge is 0.128 e. The first-order valence-corrected chi connectivity index (χ1v) is 12.9. The fourth-order valence-corrected chi connectivity index (χ4v) is 5.71. The zero-order chi connectivity index (χ0) is 23.0. The molecule has 1 aliphatic heterocycles. The van der Waals surface area contributed by atoms with Gasteiger partial charge in [0.15, 0.2) is 0 Å². The first-order valence-electron chi connectivity index (χ1n) is 12.0. The number of ether oxygens (including phenoxy) is 1. The third-order valence-corrected chi connectivity index (χ3v) is 7.67. The van der Waals surface area contributed by atoms with Gasteiger partial charge in [0, 0.05) is 71.8 Å². The van der Waals surface area contributed by atoms with E-state index in [1.54, 1.807) is 18.4 Å². The lowest BCUT2D eigenvalue weighted by molar-refractivity contribution is 0.118. The van der Waals surface area contributed by atoms with Crippen LogP contribution in [0.4, 0.5) is 0 Å². The molecule has 4 nitrogen and oxygen atoms in total. The Balaban J connectivity index is 1.40. The molecule has 2 heterocycles. The van der Waals surface area contributed by atoms with E-state index in [1.165, 1.54) is 15.6 Å². The minimum absolute atomic E-state index is 0.230. The predicted octanol–water partition coefficient (Wildman–Crippen LogP) is 5.75. The van der Waals surface area contributed by atoms with Crippen molar-refractivity contribution in [2.45, 2.75) is 32.7 Å². The first-order chi connectivity index (χ1) is 16.2. The molecular weight excluding hydrogens is 428 g/mol. The maximum absolute atomic E-state index is 12.2. The number of nitrogens with zero attached hydrogens (tertiary/aromatic N) is 2. The summed E-state index contributed by atoms with van der Waals surface area (Å²) in [5.41, 5.74) is 3.27. The molecule has 1 atom stereocenters. The van der Waals surface area contributed by atoms with Crippen LogP contribution in [0.2, 0.25) is 0 Å². The second kappa shape index (κ2) is 11.6. The van der Waals surface area contributed by atoms with Gasteiger partial charge >= 0.3 is 0 Å². The highest BCUT2D eigenvalue weighted by Crippen LogP contribution is 2.35. The van der Waals surface area contributed by atoms with E-state index in [-0.39, 0.29) is 5.92 Å². The Bertz CT molecular complexity index is 1080. The number of methoxy groups -OCH3 is 1. The topological polar surface area (TPSA) is 32.8 Å². The number of rotatable bonds is 10. The molecule has 0 spiro atoms. The van der Waals surface area contributed by atoms with Crippen LogP contribution in [0.3, 0.4) is 0 Å². The van der Waals surface area contributed by atoms with Crippen LogP contribution in [-0.2, 0) is 11.3 Å². The summed E-state index contributed by atoms with van der Waals surface area (Å²) in [4.78, 5) is 17.3. The van der Waals surface area contributed by atoms with Gasteiger partial charge in [-0.25, -0.2) is 4.79 Å². The van der Waals surface area contributed by atoms with E-state index in [9.17, 15) is 4.79 Å². The lowest BCUT2D eigenvalue weighted by Crippen LogP contribution is -2.47. The van der Waals surface area contributed by atoms with Gasteiger partial charge in [-0.1, -0.05) is 50.1 Å². The van der Waals surface area contributed by atoms with Crippen LogP contribution in [0.15, 0.2) is 53.9 Å². The molecular formula is C28H34N2O2S. The van der Waals surface area contributed by atoms with Crippen LogP contribution >= 0.6 is 11.3 Å². The van der Waals surface area contributed by atoms with Crippen molar-refractivity contribution in [2.24, 2.45) is 5.92 Å². The van der Waals surface area contributed by atoms with E-state index >= 15 is 0 Å². The highest BCUT2D eigenvalue weighted by molar-refractivity contribution is 7.17. The lowest BCUT2D eigenvalue weighted by atomic mass is 9.88. The van der Waals surface area contributed by atoms with Crippen LogP contribution in [0.5, 0.6) is 5.75 Å². The summed E-state index contributed by atoms with van der Waals surface area (Å²) < 4.78 is 6.51. The van der Waals surface area contributed by atoms with E-state index in [0.717, 1.165) is 75.4 Å². The molecule has 0 N–H and O–H groups in total. The Morgan fingerprint density at radius 2 is 1.79 bits per heavy atom. The fraction of sp³-hybridized carbons (Fsp3) is 0.429. The molecule has 174 valence electrons. The van der Waals surface area contributed by atoms with Crippen molar-refractivity contribution in [3.63, 3.8) is 0 Å². The molecule has 1 aromatic heterocycles. The summed E-state index contributed by atoms with van der Waals surface area (Å²) in [6.45, 7) is 8.30. The van der Waals surface area contributed by atoms with Crippen molar-refractivity contribution in [2.75, 3.05) is 39.8 Å². The number of benzene rings is 2. The second-order valence-electron chi connectivity index (χ2n) is 8.93. The Morgan fingerprint density at radius 3 is 2.48 bits per heavy atom. The van der Waals surface area contributed by atoms with Gasteiger partial charge in [-0.2, -0.15) is 0 Å². The predicted molar refractivity (Wildman–Crippen MR) is 139 cm³/mol. The number of thiophene rings is 1. The molecule has 3 aromatic rings. The van der Waals surface area contributed by atoms with E-state index in [0.29, 0.717) is 0 Å². The maximum atomic E-state index is 12.2. The molecule has 1 fully saturated rings. The average Bonchev–Trinajstić information content (AvgIpc) is 3.28. The lowest BCUT2D eigenvalue weighted by Gasteiger charge is -2.36. The van der Waals surface area contributed by atoms with Gasteiger partial charge in [-0.3, -0.25) is 4.90 Å². The molecule has 0 saturated carbocycles. The van der Waals surface area contributed by atoms with Crippen molar-refractivity contribution in [1.29, 1.82) is 0 Å². The third kappa shape index (κ3) is 5.93. The summed E-state index contributed by atoms with van der Waals surface area (Å²) in [6, 6.07) is 16.8. The normalized spacial score (nSPS) is 15.9. The molecule has 1 aliphatic rings. The second-order valence-corrected chi connectivity index (χ2v) is 9.84. The van der Waals surface area contributed by atoms with Gasteiger partial charge in [0.1, 0.15) is 11.7 Å². The van der Waals surface area contributed by atoms with E-state index in [2.05, 4.69) is 64.4 Å². The molecule has 0 radical (unpaired) electrons. The monoisotopic (exact) mass is 462 g/mol. The molecule has 1 unspecified atom stereocenters. The SMILES string of the molecule is CCCCC(CN1CCN(Cc2ccc(OC)cc2)CC1)C(=C=O)c1csc2ccccc12. The largest absolute Gasteiger partial charge is 0.497 e. The van der Waals surface area contributed by atoms with Crippen molar-refractivity contribution in [1.82, 2.24) is 9.80 Å². The molecule has 0 amide bonds. The van der Waals surface area contributed by atoms with Crippen molar-refractivity contribution >= 4 is 32.9 Å². The molecule has 4 rings (SSSR count). The summed E-state index contributed by atoms with van der Waals surface area (Å²) in [5, 5.41) is 3.34.